The summed E-state index contributed by atoms with van der Waals surface area (Å²) < 4.78 is 15.4. The molecule has 0 aromatic heterocycles. The van der Waals surface area contributed by atoms with Crippen molar-refractivity contribution in [2.75, 3.05) is 19.8 Å². The Kier molecular flexibility index (Phi) is 8.19. The van der Waals surface area contributed by atoms with E-state index in [1.807, 2.05) is 0 Å². The number of aliphatic hydroxyl groups excluding tert-OH is 8. The maximum atomic E-state index is 10.00. The third kappa shape index (κ3) is 3.84. The maximum absolute atomic E-state index is 10.00. The summed E-state index contributed by atoms with van der Waals surface area (Å²) >= 11 is 0. The van der Waals surface area contributed by atoms with Gasteiger partial charge in [0, 0.05) is 22.4 Å². The Balaban J connectivity index is 0.00000288. The molecule has 2 aliphatic heterocycles. The summed E-state index contributed by atoms with van der Waals surface area (Å²) in [5.41, 5.74) is 0. The van der Waals surface area contributed by atoms with Crippen LogP contribution in [0.4, 0.5) is 0 Å². The van der Waals surface area contributed by atoms with Crippen LogP contribution in [0.3, 0.4) is 0 Å². The Morgan fingerprint density at radius 3 is 1.83 bits per heavy atom. The Labute approximate surface area is 152 Å². The molecule has 0 spiro atoms. The van der Waals surface area contributed by atoms with Crippen molar-refractivity contribution in [1.29, 1.82) is 0 Å². The van der Waals surface area contributed by atoms with Crippen molar-refractivity contribution in [2.24, 2.45) is 0 Å². The van der Waals surface area contributed by atoms with Crippen molar-refractivity contribution in [1.82, 2.24) is 0 Å². The van der Waals surface area contributed by atoms with Gasteiger partial charge >= 0.3 is 0 Å². The minimum absolute atomic E-state index is 0. The van der Waals surface area contributed by atoms with Crippen molar-refractivity contribution in [3.05, 3.63) is 0 Å². The summed E-state index contributed by atoms with van der Waals surface area (Å²) in [4.78, 5) is 0. The number of ether oxygens (including phenoxy) is 3. The second kappa shape index (κ2) is 8.79. The molecule has 0 bridgehead atoms. The SMILES string of the molecule is OC[C@H]1O[C@@](CO)(O[C@H]2O[C@H](CO)[C@@H](O)[C@H](O)[C@H]2O)[C@@H](O)[C@@H]1O.[Ag]. The van der Waals surface area contributed by atoms with Gasteiger partial charge in [-0.15, -0.1) is 0 Å². The topological polar surface area (TPSA) is 190 Å². The van der Waals surface area contributed by atoms with Gasteiger partial charge in [0.25, 0.3) is 0 Å². The Morgan fingerprint density at radius 1 is 0.792 bits per heavy atom. The third-order valence-corrected chi connectivity index (χ3v) is 4.07. The van der Waals surface area contributed by atoms with Gasteiger partial charge in [-0.2, -0.15) is 0 Å². The smallest absolute Gasteiger partial charge is 0.224 e. The van der Waals surface area contributed by atoms with Crippen LogP contribution in [-0.4, -0.2) is 115 Å². The molecule has 2 aliphatic rings. The molecule has 11 nitrogen and oxygen atoms in total. The van der Waals surface area contributed by atoms with Crippen LogP contribution in [0.25, 0.3) is 0 Å². The van der Waals surface area contributed by atoms with E-state index in [0.717, 1.165) is 0 Å². The molecular weight excluding hydrogens is 428 g/mol. The van der Waals surface area contributed by atoms with E-state index in [-0.39, 0.29) is 22.4 Å². The van der Waals surface area contributed by atoms with Crippen LogP contribution in [0.1, 0.15) is 0 Å². The zero-order valence-corrected chi connectivity index (χ0v) is 13.8. The van der Waals surface area contributed by atoms with Gasteiger partial charge in [-0.05, 0) is 0 Å². The Morgan fingerprint density at radius 2 is 1.38 bits per heavy atom. The maximum Gasteiger partial charge on any atom is 0.224 e. The molecule has 0 amide bonds. The van der Waals surface area contributed by atoms with Gasteiger partial charge in [-0.25, -0.2) is 0 Å². The monoisotopic (exact) mass is 449 g/mol. The van der Waals surface area contributed by atoms with Gasteiger partial charge in [0.1, 0.15) is 49.3 Å². The summed E-state index contributed by atoms with van der Waals surface area (Å²) in [6.45, 7) is -2.32. The average Bonchev–Trinajstić information content (AvgIpc) is 2.80. The van der Waals surface area contributed by atoms with E-state index in [4.69, 9.17) is 24.4 Å². The average molecular weight is 450 g/mol. The van der Waals surface area contributed by atoms with Crippen LogP contribution in [0.2, 0.25) is 0 Å². The molecule has 2 fully saturated rings. The molecule has 147 valence electrons. The second-order valence-electron chi connectivity index (χ2n) is 5.56. The standard InChI is InChI=1S/C12H22O11.Ag/c13-1-4-6(16)8(18)9(19)11(21-4)23-12(3-15)10(20)7(17)5(2-14)22-12;/h4-11,13-20H,1-3H2;/t4-,5-,6-,7-,8+,9-,10+,11-,12+;/m1./s1. The van der Waals surface area contributed by atoms with E-state index >= 15 is 0 Å². The van der Waals surface area contributed by atoms with Crippen molar-refractivity contribution in [3.8, 4) is 0 Å². The van der Waals surface area contributed by atoms with Gasteiger partial charge in [0.05, 0.1) is 13.2 Å². The largest absolute Gasteiger partial charge is 0.394 e. The second-order valence-corrected chi connectivity index (χ2v) is 5.56. The fraction of sp³-hybridized carbons (Fsp3) is 1.00. The van der Waals surface area contributed by atoms with Crippen molar-refractivity contribution < 1.29 is 77.4 Å². The van der Waals surface area contributed by atoms with Crippen LogP contribution >= 0.6 is 0 Å². The molecular formula is C12H22AgO11. The molecule has 2 heterocycles. The first kappa shape index (κ1) is 22.3. The molecule has 0 aliphatic carbocycles. The molecule has 1 radical (unpaired) electrons. The number of hydrogen-bond donors (Lipinski definition) is 8. The first-order chi connectivity index (χ1) is 10.8. The number of aliphatic hydroxyl groups is 8. The summed E-state index contributed by atoms with van der Waals surface area (Å²) in [5.74, 6) is -2.22. The predicted octanol–water partition coefficient (Wildman–Crippen LogP) is -5.40. The fourth-order valence-corrected chi connectivity index (χ4v) is 2.63. The molecule has 0 aromatic rings. The molecule has 2 rings (SSSR count). The van der Waals surface area contributed by atoms with Crippen LogP contribution in [-0.2, 0) is 36.6 Å². The van der Waals surface area contributed by atoms with Crippen LogP contribution < -0.4 is 0 Å². The zero-order chi connectivity index (χ0) is 17.4. The van der Waals surface area contributed by atoms with Gasteiger partial charge < -0.3 is 55.1 Å². The van der Waals surface area contributed by atoms with Crippen molar-refractivity contribution >= 4 is 0 Å². The van der Waals surface area contributed by atoms with E-state index in [2.05, 4.69) is 0 Å². The first-order valence-corrected chi connectivity index (χ1v) is 7.05. The summed E-state index contributed by atoms with van der Waals surface area (Å²) in [6.07, 6.45) is -12.7. The van der Waals surface area contributed by atoms with Crippen LogP contribution in [0.5, 0.6) is 0 Å². The quantitative estimate of drug-likeness (QED) is 0.187. The zero-order valence-electron chi connectivity index (χ0n) is 12.3. The number of rotatable bonds is 5. The minimum atomic E-state index is -2.22. The van der Waals surface area contributed by atoms with Gasteiger partial charge in [0.2, 0.25) is 5.79 Å². The van der Waals surface area contributed by atoms with Gasteiger partial charge in [0.15, 0.2) is 6.29 Å². The predicted molar refractivity (Wildman–Crippen MR) is 68.6 cm³/mol. The van der Waals surface area contributed by atoms with Gasteiger partial charge in [-0.1, -0.05) is 0 Å². The number of hydrogen-bond acceptors (Lipinski definition) is 11. The molecule has 24 heavy (non-hydrogen) atoms. The van der Waals surface area contributed by atoms with Crippen molar-refractivity contribution in [2.45, 2.75) is 54.8 Å². The molecule has 0 saturated carbocycles. The minimum Gasteiger partial charge on any atom is -0.394 e. The summed E-state index contributed by atoms with van der Waals surface area (Å²) in [7, 11) is 0. The van der Waals surface area contributed by atoms with E-state index in [0.29, 0.717) is 0 Å². The molecule has 0 aromatic carbocycles. The van der Waals surface area contributed by atoms with E-state index in [9.17, 15) is 30.6 Å². The summed E-state index contributed by atoms with van der Waals surface area (Å²) in [5, 5.41) is 76.7. The molecule has 2 saturated heterocycles. The van der Waals surface area contributed by atoms with Crippen LogP contribution in [0, 0.1) is 0 Å². The normalized spacial score (nSPS) is 49.0. The van der Waals surface area contributed by atoms with E-state index < -0.39 is 74.6 Å². The van der Waals surface area contributed by atoms with Crippen LogP contribution in [0.15, 0.2) is 0 Å². The molecule has 9 atom stereocenters. The summed E-state index contributed by atoms with van der Waals surface area (Å²) in [6, 6.07) is 0. The Hall–Kier alpha value is 0.300. The first-order valence-electron chi connectivity index (χ1n) is 7.05. The third-order valence-electron chi connectivity index (χ3n) is 4.07. The van der Waals surface area contributed by atoms with Gasteiger partial charge in [-0.3, -0.25) is 0 Å². The Bertz CT molecular complexity index is 399. The molecule has 8 N–H and O–H groups in total. The van der Waals surface area contributed by atoms with E-state index in [1.165, 1.54) is 0 Å². The van der Waals surface area contributed by atoms with Crippen molar-refractivity contribution in [3.63, 3.8) is 0 Å². The molecule has 12 heteroatoms. The fourth-order valence-electron chi connectivity index (χ4n) is 2.63. The molecule has 0 unspecified atom stereocenters. The van der Waals surface area contributed by atoms with E-state index in [1.54, 1.807) is 0 Å².